The highest BCUT2D eigenvalue weighted by Gasteiger charge is 2.14. The average Bonchev–Trinajstić information content (AvgIpc) is 3.29. The van der Waals surface area contributed by atoms with Crippen molar-refractivity contribution in [1.82, 2.24) is 29.9 Å². The number of amides is 1. The summed E-state index contributed by atoms with van der Waals surface area (Å²) < 4.78 is 1.91. The summed E-state index contributed by atoms with van der Waals surface area (Å²) in [6, 6.07) is 14.1. The Labute approximate surface area is 202 Å². The Kier molecular flexibility index (Phi) is 8.60. The van der Waals surface area contributed by atoms with E-state index in [9.17, 15) is 4.79 Å². The van der Waals surface area contributed by atoms with Gasteiger partial charge in [-0.05, 0) is 43.3 Å². The number of likely N-dealkylation sites (N-methyl/N-ethyl adjacent to an activating group) is 1. The van der Waals surface area contributed by atoms with Crippen molar-refractivity contribution >= 4 is 12.0 Å². The van der Waals surface area contributed by atoms with Crippen molar-refractivity contribution < 1.29 is 4.79 Å². The summed E-state index contributed by atoms with van der Waals surface area (Å²) >= 11 is 0. The fraction of sp³-hybridized carbons (Fsp3) is 0.370. The lowest BCUT2D eigenvalue weighted by molar-refractivity contribution is -0.116. The molecule has 1 fully saturated rings. The number of hydrogen-bond acceptors (Lipinski definition) is 5. The highest BCUT2D eigenvalue weighted by Crippen LogP contribution is 2.23. The second kappa shape index (κ2) is 12.3. The molecule has 1 N–H and O–H groups in total. The van der Waals surface area contributed by atoms with Gasteiger partial charge in [-0.3, -0.25) is 14.5 Å². The van der Waals surface area contributed by atoms with Gasteiger partial charge >= 0.3 is 0 Å². The second-order valence-electron chi connectivity index (χ2n) is 8.61. The van der Waals surface area contributed by atoms with Crippen molar-refractivity contribution in [2.24, 2.45) is 0 Å². The van der Waals surface area contributed by atoms with Crippen LogP contribution >= 0.6 is 0 Å². The first kappa shape index (κ1) is 23.9. The van der Waals surface area contributed by atoms with Gasteiger partial charge in [0.25, 0.3) is 0 Å². The molecule has 1 amide bonds. The first-order chi connectivity index (χ1) is 16.7. The average molecular weight is 459 g/mol. The number of nitrogens with zero attached hydrogens (tertiary/aromatic N) is 5. The zero-order chi connectivity index (χ0) is 23.6. The summed E-state index contributed by atoms with van der Waals surface area (Å²) in [5.41, 5.74) is 3.82. The third kappa shape index (κ3) is 6.85. The predicted octanol–water partition coefficient (Wildman–Crippen LogP) is 3.15. The van der Waals surface area contributed by atoms with Crippen molar-refractivity contribution in [3.8, 4) is 11.3 Å². The molecule has 0 unspecified atom stereocenters. The van der Waals surface area contributed by atoms with Gasteiger partial charge in [0, 0.05) is 68.5 Å². The van der Waals surface area contributed by atoms with E-state index >= 15 is 0 Å². The highest BCUT2D eigenvalue weighted by molar-refractivity contribution is 5.92. The number of aromatic nitrogens is 3. The molecular weight excluding hydrogens is 424 g/mol. The highest BCUT2D eigenvalue weighted by atomic mass is 16.1. The van der Waals surface area contributed by atoms with Crippen LogP contribution in [0.25, 0.3) is 17.3 Å². The van der Waals surface area contributed by atoms with E-state index in [1.54, 1.807) is 18.5 Å². The van der Waals surface area contributed by atoms with Gasteiger partial charge in [0.1, 0.15) is 5.69 Å². The molecule has 0 radical (unpaired) electrons. The SMILES string of the molecule is CCN1CCN(CCCNC(=O)/C=C/c2cn(Cc3ccccc3)nc2-c2cccnc2)CC1. The number of piperazine rings is 1. The lowest BCUT2D eigenvalue weighted by Crippen LogP contribution is -2.46. The monoisotopic (exact) mass is 458 g/mol. The van der Waals surface area contributed by atoms with Crippen LogP contribution in [0.3, 0.4) is 0 Å². The molecule has 7 heteroatoms. The van der Waals surface area contributed by atoms with E-state index in [1.165, 1.54) is 5.56 Å². The lowest BCUT2D eigenvalue weighted by atomic mass is 10.1. The van der Waals surface area contributed by atoms with E-state index < -0.39 is 0 Å². The molecule has 1 saturated heterocycles. The molecule has 3 heterocycles. The summed E-state index contributed by atoms with van der Waals surface area (Å²) in [7, 11) is 0. The molecule has 2 aromatic heterocycles. The van der Waals surface area contributed by atoms with Crippen LogP contribution in [-0.4, -0.2) is 76.3 Å². The summed E-state index contributed by atoms with van der Waals surface area (Å²) in [5.74, 6) is -0.0799. The van der Waals surface area contributed by atoms with Gasteiger partial charge in [-0.2, -0.15) is 5.10 Å². The van der Waals surface area contributed by atoms with Crippen molar-refractivity contribution in [3.63, 3.8) is 0 Å². The Hall–Kier alpha value is -3.29. The number of hydrogen-bond donors (Lipinski definition) is 1. The largest absolute Gasteiger partial charge is 0.353 e. The Morgan fingerprint density at radius 2 is 1.85 bits per heavy atom. The van der Waals surface area contributed by atoms with E-state index in [0.29, 0.717) is 13.1 Å². The van der Waals surface area contributed by atoms with Gasteiger partial charge in [0.05, 0.1) is 6.54 Å². The summed E-state index contributed by atoms with van der Waals surface area (Å²) in [4.78, 5) is 21.6. The van der Waals surface area contributed by atoms with E-state index in [2.05, 4.69) is 39.2 Å². The van der Waals surface area contributed by atoms with Crippen LogP contribution in [0.4, 0.5) is 0 Å². The fourth-order valence-corrected chi connectivity index (χ4v) is 4.21. The van der Waals surface area contributed by atoms with E-state index in [4.69, 9.17) is 5.10 Å². The van der Waals surface area contributed by atoms with Crippen LogP contribution in [-0.2, 0) is 11.3 Å². The molecule has 0 saturated carbocycles. The van der Waals surface area contributed by atoms with Crippen LogP contribution in [0.5, 0.6) is 0 Å². The molecule has 0 spiro atoms. The maximum Gasteiger partial charge on any atom is 0.244 e. The lowest BCUT2D eigenvalue weighted by Gasteiger charge is -2.33. The van der Waals surface area contributed by atoms with Gasteiger partial charge < -0.3 is 15.1 Å². The number of benzene rings is 1. The minimum absolute atomic E-state index is 0.0799. The Balaban J connectivity index is 1.33. The molecule has 0 bridgehead atoms. The maximum absolute atomic E-state index is 12.4. The van der Waals surface area contributed by atoms with Crippen molar-refractivity contribution in [2.45, 2.75) is 19.9 Å². The van der Waals surface area contributed by atoms with E-state index in [1.807, 2.05) is 47.3 Å². The molecule has 1 aromatic carbocycles. The summed E-state index contributed by atoms with van der Waals surface area (Å²) in [5, 5.41) is 7.79. The quantitative estimate of drug-likeness (QED) is 0.374. The van der Waals surface area contributed by atoms with Crippen LogP contribution in [0.15, 0.2) is 67.1 Å². The minimum atomic E-state index is -0.0799. The molecule has 34 heavy (non-hydrogen) atoms. The van der Waals surface area contributed by atoms with Crippen LogP contribution in [0.2, 0.25) is 0 Å². The third-order valence-corrected chi connectivity index (χ3v) is 6.19. The topological polar surface area (TPSA) is 66.3 Å². The molecule has 0 atom stereocenters. The number of nitrogens with one attached hydrogen (secondary N) is 1. The van der Waals surface area contributed by atoms with Gasteiger partial charge in [-0.1, -0.05) is 37.3 Å². The number of rotatable bonds is 10. The zero-order valence-electron chi connectivity index (χ0n) is 19.9. The van der Waals surface area contributed by atoms with Gasteiger partial charge in [-0.15, -0.1) is 0 Å². The fourth-order valence-electron chi connectivity index (χ4n) is 4.21. The Bertz CT molecular complexity index is 1060. The molecule has 7 nitrogen and oxygen atoms in total. The first-order valence-electron chi connectivity index (χ1n) is 12.1. The molecular formula is C27H34N6O. The first-order valence-corrected chi connectivity index (χ1v) is 12.1. The standard InChI is InChI=1S/C27H34N6O/c1-2-31-16-18-32(19-17-31)15-7-14-29-26(34)12-11-25-22-33(21-23-8-4-3-5-9-23)30-27(25)24-10-6-13-28-20-24/h3-6,8-13,20,22H,2,7,14-19,21H2,1H3,(H,29,34)/b12-11+. The van der Waals surface area contributed by atoms with Crippen molar-refractivity contribution in [1.29, 1.82) is 0 Å². The van der Waals surface area contributed by atoms with Gasteiger partial charge in [-0.25, -0.2) is 0 Å². The predicted molar refractivity (Wildman–Crippen MR) is 136 cm³/mol. The number of pyridine rings is 1. The second-order valence-corrected chi connectivity index (χ2v) is 8.61. The van der Waals surface area contributed by atoms with Crippen molar-refractivity contribution in [3.05, 3.63) is 78.3 Å². The molecule has 4 rings (SSSR count). The minimum Gasteiger partial charge on any atom is -0.353 e. The molecule has 0 aliphatic carbocycles. The summed E-state index contributed by atoms with van der Waals surface area (Å²) in [6.07, 6.45) is 9.93. The number of carbonyl (C=O) groups excluding carboxylic acids is 1. The van der Waals surface area contributed by atoms with E-state index in [0.717, 1.165) is 62.5 Å². The molecule has 1 aliphatic heterocycles. The van der Waals surface area contributed by atoms with Crippen LogP contribution in [0, 0.1) is 0 Å². The Morgan fingerprint density at radius 1 is 1.06 bits per heavy atom. The molecule has 178 valence electrons. The molecule has 3 aromatic rings. The number of carbonyl (C=O) groups is 1. The van der Waals surface area contributed by atoms with Crippen LogP contribution in [0.1, 0.15) is 24.5 Å². The smallest absolute Gasteiger partial charge is 0.244 e. The maximum atomic E-state index is 12.4. The Morgan fingerprint density at radius 3 is 2.59 bits per heavy atom. The summed E-state index contributed by atoms with van der Waals surface area (Å²) in [6.45, 7) is 10.2. The third-order valence-electron chi connectivity index (χ3n) is 6.19. The van der Waals surface area contributed by atoms with Crippen LogP contribution < -0.4 is 5.32 Å². The van der Waals surface area contributed by atoms with Gasteiger partial charge in [0.15, 0.2) is 0 Å². The van der Waals surface area contributed by atoms with Crippen molar-refractivity contribution in [2.75, 3.05) is 45.8 Å². The molecule has 1 aliphatic rings. The van der Waals surface area contributed by atoms with E-state index in [-0.39, 0.29) is 5.91 Å². The zero-order valence-corrected chi connectivity index (χ0v) is 19.9. The normalized spacial score (nSPS) is 15.1. The van der Waals surface area contributed by atoms with Gasteiger partial charge in [0.2, 0.25) is 5.91 Å².